The fourth-order valence-electron chi connectivity index (χ4n) is 2.09. The molecule has 150 valence electrons. The van der Waals surface area contributed by atoms with Crippen molar-refractivity contribution < 1.29 is 13.2 Å². The largest absolute Gasteiger partial charge is 0.325 e. The zero-order valence-corrected chi connectivity index (χ0v) is 17.4. The van der Waals surface area contributed by atoms with Crippen LogP contribution in [0.2, 0.25) is 5.15 Å². The van der Waals surface area contributed by atoms with E-state index in [1.54, 1.807) is 25.4 Å². The van der Waals surface area contributed by atoms with E-state index in [1.165, 1.54) is 48.2 Å². The molecule has 0 fully saturated rings. The number of thioether (sulfide) groups is 1. The Morgan fingerprint density at radius 2 is 1.76 bits per heavy atom. The molecule has 9 nitrogen and oxygen atoms in total. The molecule has 12 heteroatoms. The molecule has 0 aliphatic rings. The minimum Gasteiger partial charge on any atom is -0.325 e. The predicted molar refractivity (Wildman–Crippen MR) is 110 cm³/mol. The molecule has 29 heavy (non-hydrogen) atoms. The van der Waals surface area contributed by atoms with Gasteiger partial charge in [0.05, 0.1) is 10.1 Å². The standard InChI is InChI=1S/C17H15ClN6O3S2/c1-11(28-17-19-9-2-10-20-17)16(25)21-12-3-5-13(6-4-12)29(26,27)24-15-8-7-14(18)22-23-15/h2-11H,1H3,(H,21,25)(H,23,24). The number of halogens is 1. The number of aromatic nitrogens is 4. The topological polar surface area (TPSA) is 127 Å². The molecule has 3 rings (SSSR count). The maximum Gasteiger partial charge on any atom is 0.263 e. The molecule has 0 aliphatic carbocycles. The van der Waals surface area contributed by atoms with E-state index in [4.69, 9.17) is 11.6 Å². The van der Waals surface area contributed by atoms with Crippen LogP contribution in [0.3, 0.4) is 0 Å². The summed E-state index contributed by atoms with van der Waals surface area (Å²) in [6, 6.07) is 10.3. The number of sulfonamides is 1. The molecule has 1 amide bonds. The van der Waals surface area contributed by atoms with Gasteiger partial charge in [0.15, 0.2) is 16.1 Å². The zero-order valence-electron chi connectivity index (χ0n) is 15.0. The van der Waals surface area contributed by atoms with Crippen LogP contribution in [0, 0.1) is 0 Å². The number of carbonyl (C=O) groups is 1. The molecule has 2 aromatic heterocycles. The van der Waals surface area contributed by atoms with E-state index in [1.807, 2.05) is 0 Å². The first kappa shape index (κ1) is 21.0. The van der Waals surface area contributed by atoms with Gasteiger partial charge in [0.25, 0.3) is 10.0 Å². The molecule has 0 saturated heterocycles. The van der Waals surface area contributed by atoms with Gasteiger partial charge < -0.3 is 5.32 Å². The molecule has 1 atom stereocenters. The monoisotopic (exact) mass is 450 g/mol. The van der Waals surface area contributed by atoms with Crippen molar-refractivity contribution in [3.8, 4) is 0 Å². The van der Waals surface area contributed by atoms with Crippen molar-refractivity contribution in [3.05, 3.63) is 60.0 Å². The highest BCUT2D eigenvalue weighted by Crippen LogP contribution is 2.21. The second kappa shape index (κ2) is 9.16. The van der Waals surface area contributed by atoms with Crippen molar-refractivity contribution in [2.45, 2.75) is 22.2 Å². The van der Waals surface area contributed by atoms with E-state index < -0.39 is 15.3 Å². The molecule has 1 unspecified atom stereocenters. The summed E-state index contributed by atoms with van der Waals surface area (Å²) in [6.45, 7) is 1.73. The number of anilines is 2. The molecular weight excluding hydrogens is 436 g/mol. The normalized spacial score (nSPS) is 12.2. The maximum atomic E-state index is 12.4. The maximum absolute atomic E-state index is 12.4. The Labute approximate surface area is 176 Å². The molecule has 0 radical (unpaired) electrons. The Kier molecular flexibility index (Phi) is 6.62. The molecular formula is C17H15ClN6O3S2. The summed E-state index contributed by atoms with van der Waals surface area (Å²) >= 11 is 6.85. The van der Waals surface area contributed by atoms with Crippen LogP contribution in [0.25, 0.3) is 0 Å². The highest BCUT2D eigenvalue weighted by atomic mass is 35.5. The lowest BCUT2D eigenvalue weighted by Crippen LogP contribution is -2.22. The average molecular weight is 451 g/mol. The van der Waals surface area contributed by atoms with Crippen LogP contribution in [0.5, 0.6) is 0 Å². The first-order chi connectivity index (χ1) is 13.8. The van der Waals surface area contributed by atoms with Gasteiger partial charge in [0, 0.05) is 18.1 Å². The van der Waals surface area contributed by atoms with Crippen molar-refractivity contribution in [3.63, 3.8) is 0 Å². The Balaban J connectivity index is 1.63. The van der Waals surface area contributed by atoms with Crippen LogP contribution in [0.1, 0.15) is 6.92 Å². The summed E-state index contributed by atoms with van der Waals surface area (Å²) in [4.78, 5) is 20.5. The number of hydrogen-bond donors (Lipinski definition) is 2. The lowest BCUT2D eigenvalue weighted by Gasteiger charge is -2.12. The van der Waals surface area contributed by atoms with Gasteiger partial charge in [-0.1, -0.05) is 23.4 Å². The Morgan fingerprint density at radius 1 is 1.07 bits per heavy atom. The van der Waals surface area contributed by atoms with E-state index in [9.17, 15) is 13.2 Å². The van der Waals surface area contributed by atoms with E-state index in [2.05, 4.69) is 30.2 Å². The van der Waals surface area contributed by atoms with Crippen LogP contribution in [-0.2, 0) is 14.8 Å². The minimum atomic E-state index is -3.86. The van der Waals surface area contributed by atoms with Crippen LogP contribution < -0.4 is 10.0 Å². The van der Waals surface area contributed by atoms with Gasteiger partial charge in [-0.2, -0.15) is 0 Å². The van der Waals surface area contributed by atoms with Gasteiger partial charge in [-0.15, -0.1) is 10.2 Å². The third-order valence-electron chi connectivity index (χ3n) is 3.50. The molecule has 2 heterocycles. The molecule has 3 aromatic rings. The molecule has 0 bridgehead atoms. The van der Waals surface area contributed by atoms with E-state index in [0.717, 1.165) is 0 Å². The quantitative estimate of drug-likeness (QED) is 0.415. The van der Waals surface area contributed by atoms with Crippen LogP contribution in [0.4, 0.5) is 11.5 Å². The van der Waals surface area contributed by atoms with Crippen molar-refractivity contribution >= 4 is 50.8 Å². The van der Waals surface area contributed by atoms with Crippen LogP contribution in [-0.4, -0.2) is 39.7 Å². The van der Waals surface area contributed by atoms with Crippen molar-refractivity contribution in [1.82, 2.24) is 20.2 Å². The van der Waals surface area contributed by atoms with E-state index in [-0.39, 0.29) is 21.8 Å². The molecule has 2 N–H and O–H groups in total. The van der Waals surface area contributed by atoms with E-state index in [0.29, 0.717) is 10.8 Å². The summed E-state index contributed by atoms with van der Waals surface area (Å²) in [5, 5.41) is 10.2. The number of hydrogen-bond acceptors (Lipinski definition) is 8. The Bertz CT molecular complexity index is 1080. The summed E-state index contributed by atoms with van der Waals surface area (Å²) in [7, 11) is -3.86. The first-order valence-corrected chi connectivity index (χ1v) is 10.9. The lowest BCUT2D eigenvalue weighted by atomic mass is 10.3. The van der Waals surface area contributed by atoms with Gasteiger partial charge in [0.1, 0.15) is 0 Å². The van der Waals surface area contributed by atoms with Crippen molar-refractivity contribution in [2.75, 3.05) is 10.0 Å². The SMILES string of the molecule is CC(Sc1ncccn1)C(=O)Nc1ccc(S(=O)(=O)Nc2ccc(Cl)nn2)cc1. The van der Waals surface area contributed by atoms with Crippen molar-refractivity contribution in [2.24, 2.45) is 0 Å². The summed E-state index contributed by atoms with van der Waals surface area (Å²) in [6.07, 6.45) is 3.20. The van der Waals surface area contributed by atoms with Gasteiger partial charge in [0.2, 0.25) is 5.91 Å². The number of nitrogens with zero attached hydrogens (tertiary/aromatic N) is 4. The third-order valence-corrected chi connectivity index (χ3v) is 6.06. The molecule has 0 aliphatic heterocycles. The molecule has 1 aromatic carbocycles. The average Bonchev–Trinajstić information content (AvgIpc) is 2.71. The summed E-state index contributed by atoms with van der Waals surface area (Å²) in [5.74, 6) is -0.214. The van der Waals surface area contributed by atoms with Gasteiger partial charge in [-0.25, -0.2) is 18.4 Å². The molecule has 0 saturated carbocycles. The van der Waals surface area contributed by atoms with Crippen molar-refractivity contribution in [1.29, 1.82) is 0 Å². The fourth-order valence-corrected chi connectivity index (χ4v) is 3.91. The van der Waals surface area contributed by atoms with Gasteiger partial charge in [-0.3, -0.25) is 9.52 Å². The highest BCUT2D eigenvalue weighted by Gasteiger charge is 2.18. The van der Waals surface area contributed by atoms with Gasteiger partial charge in [-0.05, 0) is 49.4 Å². The first-order valence-electron chi connectivity index (χ1n) is 8.20. The van der Waals surface area contributed by atoms with Crippen LogP contribution >= 0.6 is 23.4 Å². The lowest BCUT2D eigenvalue weighted by molar-refractivity contribution is -0.115. The van der Waals surface area contributed by atoms with Crippen LogP contribution in [0.15, 0.2) is 64.9 Å². The smallest absolute Gasteiger partial charge is 0.263 e. The molecule has 0 spiro atoms. The van der Waals surface area contributed by atoms with Gasteiger partial charge >= 0.3 is 0 Å². The third kappa shape index (κ3) is 5.86. The highest BCUT2D eigenvalue weighted by molar-refractivity contribution is 8.00. The number of nitrogens with one attached hydrogen (secondary N) is 2. The Morgan fingerprint density at radius 3 is 2.38 bits per heavy atom. The van der Waals surface area contributed by atoms with E-state index >= 15 is 0 Å². The zero-order chi connectivity index (χ0) is 20.9. The number of benzene rings is 1. The number of amides is 1. The summed E-state index contributed by atoms with van der Waals surface area (Å²) < 4.78 is 27.1. The minimum absolute atomic E-state index is 0.00681. The fraction of sp³-hybridized carbons (Fsp3) is 0.118. The second-order valence-electron chi connectivity index (χ2n) is 5.65. The second-order valence-corrected chi connectivity index (χ2v) is 9.03. The number of carbonyl (C=O) groups excluding carboxylic acids is 1. The predicted octanol–water partition coefficient (Wildman–Crippen LogP) is 2.84. The number of rotatable bonds is 7. The summed E-state index contributed by atoms with van der Waals surface area (Å²) in [5.41, 5.74) is 0.460. The Hall–Kier alpha value is -2.76.